The summed E-state index contributed by atoms with van der Waals surface area (Å²) in [5.41, 5.74) is 1.13. The zero-order valence-electron chi connectivity index (χ0n) is 10.9. The van der Waals surface area contributed by atoms with E-state index in [0.29, 0.717) is 12.6 Å². The van der Waals surface area contributed by atoms with Gasteiger partial charge in [-0.25, -0.2) is 0 Å². The zero-order valence-corrected chi connectivity index (χ0v) is 10.9. The Hall–Kier alpha value is -1.26. The molecule has 0 heterocycles. The second-order valence-electron chi connectivity index (χ2n) is 3.96. The Kier molecular flexibility index (Phi) is 5.80. The van der Waals surface area contributed by atoms with Gasteiger partial charge in [-0.3, -0.25) is 0 Å². The molecule has 0 amide bonds. The number of hydrogen-bond acceptors (Lipinski definition) is 4. The molecule has 1 aromatic rings. The van der Waals surface area contributed by atoms with Crippen molar-refractivity contribution in [3.8, 4) is 11.5 Å². The molecule has 1 rings (SSSR count). The maximum atomic E-state index is 5.22. The fraction of sp³-hybridized carbons (Fsp3) is 0.538. The predicted molar refractivity (Wildman–Crippen MR) is 67.7 cm³/mol. The molecule has 17 heavy (non-hydrogen) atoms. The summed E-state index contributed by atoms with van der Waals surface area (Å²) in [6.45, 7) is 3.54. The molecule has 0 aliphatic carbocycles. The molecule has 0 spiro atoms. The van der Waals surface area contributed by atoms with Crippen molar-refractivity contribution in [2.45, 2.75) is 19.5 Å². The molecule has 0 bridgehead atoms. The normalized spacial score (nSPS) is 12.2. The molecule has 0 fully saturated rings. The van der Waals surface area contributed by atoms with Crippen molar-refractivity contribution in [2.75, 3.05) is 27.9 Å². The van der Waals surface area contributed by atoms with Crippen molar-refractivity contribution in [3.05, 3.63) is 23.8 Å². The average Bonchev–Trinajstić information content (AvgIpc) is 2.36. The summed E-state index contributed by atoms with van der Waals surface area (Å²) in [5.74, 6) is 1.61. The summed E-state index contributed by atoms with van der Waals surface area (Å²) in [4.78, 5) is 0. The van der Waals surface area contributed by atoms with Crippen LogP contribution in [0.3, 0.4) is 0 Å². The third-order valence-corrected chi connectivity index (χ3v) is 2.48. The number of methoxy groups -OCH3 is 3. The van der Waals surface area contributed by atoms with Gasteiger partial charge in [-0.05, 0) is 24.6 Å². The first-order valence-electron chi connectivity index (χ1n) is 5.64. The summed E-state index contributed by atoms with van der Waals surface area (Å²) >= 11 is 0. The monoisotopic (exact) mass is 239 g/mol. The first-order valence-corrected chi connectivity index (χ1v) is 5.64. The minimum Gasteiger partial charge on any atom is -0.497 e. The molecule has 0 aliphatic heterocycles. The Morgan fingerprint density at radius 1 is 1.06 bits per heavy atom. The summed E-state index contributed by atoms with van der Waals surface area (Å²) in [6.07, 6.45) is 0. The lowest BCUT2D eigenvalue weighted by Crippen LogP contribution is -2.29. The van der Waals surface area contributed by atoms with Crippen molar-refractivity contribution in [1.82, 2.24) is 5.32 Å². The smallest absolute Gasteiger partial charge is 0.122 e. The zero-order chi connectivity index (χ0) is 12.7. The molecular weight excluding hydrogens is 218 g/mol. The second-order valence-corrected chi connectivity index (χ2v) is 3.96. The van der Waals surface area contributed by atoms with Crippen LogP contribution >= 0.6 is 0 Å². The Morgan fingerprint density at radius 2 is 1.65 bits per heavy atom. The lowest BCUT2D eigenvalue weighted by molar-refractivity contribution is 0.171. The fourth-order valence-corrected chi connectivity index (χ4v) is 1.57. The molecule has 1 N–H and O–H groups in total. The summed E-state index contributed by atoms with van der Waals surface area (Å²) in [7, 11) is 5.01. The van der Waals surface area contributed by atoms with Gasteiger partial charge in [0, 0.05) is 25.8 Å². The van der Waals surface area contributed by atoms with Gasteiger partial charge in [-0.15, -0.1) is 0 Å². The lowest BCUT2D eigenvalue weighted by Gasteiger charge is -2.14. The number of hydrogen-bond donors (Lipinski definition) is 1. The van der Waals surface area contributed by atoms with E-state index < -0.39 is 0 Å². The molecule has 4 heteroatoms. The number of ether oxygens (including phenoxy) is 3. The Morgan fingerprint density at radius 3 is 2.12 bits per heavy atom. The molecule has 0 saturated heterocycles. The lowest BCUT2D eigenvalue weighted by atomic mass is 10.2. The standard InChI is InChI=1S/C13H21NO3/c1-10(9-15-2)14-8-11-5-12(16-3)7-13(6-11)17-4/h5-7,10,14H,8-9H2,1-4H3/t10-/m1/s1. The van der Waals surface area contributed by atoms with Gasteiger partial charge in [0.1, 0.15) is 11.5 Å². The van der Waals surface area contributed by atoms with Gasteiger partial charge in [0.2, 0.25) is 0 Å². The van der Waals surface area contributed by atoms with Crippen LogP contribution in [0.25, 0.3) is 0 Å². The van der Waals surface area contributed by atoms with Crippen molar-refractivity contribution < 1.29 is 14.2 Å². The predicted octanol–water partition coefficient (Wildman–Crippen LogP) is 1.83. The molecule has 0 aromatic heterocycles. The van der Waals surface area contributed by atoms with E-state index in [9.17, 15) is 0 Å². The van der Waals surface area contributed by atoms with E-state index in [2.05, 4.69) is 12.2 Å². The first kappa shape index (κ1) is 13.8. The quantitative estimate of drug-likeness (QED) is 0.788. The minimum absolute atomic E-state index is 0.317. The van der Waals surface area contributed by atoms with E-state index in [1.165, 1.54) is 0 Å². The topological polar surface area (TPSA) is 39.7 Å². The van der Waals surface area contributed by atoms with Crippen LogP contribution in [-0.4, -0.2) is 34.0 Å². The summed E-state index contributed by atoms with van der Waals surface area (Å²) in [5, 5.41) is 3.37. The molecule has 4 nitrogen and oxygen atoms in total. The van der Waals surface area contributed by atoms with Crippen LogP contribution in [0.2, 0.25) is 0 Å². The number of nitrogens with one attached hydrogen (secondary N) is 1. The van der Waals surface area contributed by atoms with Gasteiger partial charge in [0.05, 0.1) is 20.8 Å². The van der Waals surface area contributed by atoms with Crippen LogP contribution in [0, 0.1) is 0 Å². The van der Waals surface area contributed by atoms with Crippen molar-refractivity contribution in [3.63, 3.8) is 0 Å². The molecule has 1 atom stereocenters. The molecule has 0 saturated carbocycles. The van der Waals surface area contributed by atoms with Crippen molar-refractivity contribution >= 4 is 0 Å². The Labute approximate surface area is 103 Å². The van der Waals surface area contributed by atoms with Gasteiger partial charge >= 0.3 is 0 Å². The van der Waals surface area contributed by atoms with E-state index in [0.717, 1.165) is 23.6 Å². The molecule has 1 aromatic carbocycles. The van der Waals surface area contributed by atoms with E-state index in [1.54, 1.807) is 21.3 Å². The van der Waals surface area contributed by atoms with Crippen LogP contribution < -0.4 is 14.8 Å². The largest absolute Gasteiger partial charge is 0.497 e. The SMILES string of the molecule is COC[C@@H](C)NCc1cc(OC)cc(OC)c1. The van der Waals surface area contributed by atoms with E-state index in [4.69, 9.17) is 14.2 Å². The van der Waals surface area contributed by atoms with Crippen LogP contribution in [-0.2, 0) is 11.3 Å². The fourth-order valence-electron chi connectivity index (χ4n) is 1.57. The van der Waals surface area contributed by atoms with Crippen molar-refractivity contribution in [1.29, 1.82) is 0 Å². The van der Waals surface area contributed by atoms with Crippen LogP contribution in [0.15, 0.2) is 18.2 Å². The number of benzene rings is 1. The highest BCUT2D eigenvalue weighted by Crippen LogP contribution is 2.22. The molecule has 96 valence electrons. The van der Waals surface area contributed by atoms with Gasteiger partial charge in [-0.2, -0.15) is 0 Å². The highest BCUT2D eigenvalue weighted by Gasteiger charge is 2.04. The molecule has 0 unspecified atom stereocenters. The molecule has 0 aliphatic rings. The highest BCUT2D eigenvalue weighted by atomic mass is 16.5. The number of rotatable bonds is 7. The third-order valence-electron chi connectivity index (χ3n) is 2.48. The minimum atomic E-state index is 0.317. The van der Waals surface area contributed by atoms with E-state index in [1.807, 2.05) is 18.2 Å². The summed E-state index contributed by atoms with van der Waals surface area (Å²) in [6, 6.07) is 6.17. The first-order chi connectivity index (χ1) is 8.19. The van der Waals surface area contributed by atoms with Gasteiger partial charge in [0.25, 0.3) is 0 Å². The van der Waals surface area contributed by atoms with Crippen LogP contribution in [0.1, 0.15) is 12.5 Å². The average molecular weight is 239 g/mol. The van der Waals surface area contributed by atoms with Gasteiger partial charge in [0.15, 0.2) is 0 Å². The highest BCUT2D eigenvalue weighted by molar-refractivity contribution is 5.38. The van der Waals surface area contributed by atoms with E-state index in [-0.39, 0.29) is 0 Å². The van der Waals surface area contributed by atoms with Gasteiger partial charge in [-0.1, -0.05) is 0 Å². The Bertz CT molecular complexity index is 319. The Balaban J connectivity index is 2.63. The van der Waals surface area contributed by atoms with Crippen molar-refractivity contribution in [2.24, 2.45) is 0 Å². The van der Waals surface area contributed by atoms with Crippen LogP contribution in [0.5, 0.6) is 11.5 Å². The van der Waals surface area contributed by atoms with Crippen LogP contribution in [0.4, 0.5) is 0 Å². The van der Waals surface area contributed by atoms with E-state index >= 15 is 0 Å². The maximum Gasteiger partial charge on any atom is 0.122 e. The maximum absolute atomic E-state index is 5.22. The molecule has 0 radical (unpaired) electrons. The third kappa shape index (κ3) is 4.63. The molecular formula is C13H21NO3. The van der Waals surface area contributed by atoms with Gasteiger partial charge < -0.3 is 19.5 Å². The summed E-state index contributed by atoms with van der Waals surface area (Å²) < 4.78 is 15.5. The second kappa shape index (κ2) is 7.14.